The molecule has 136 valence electrons. The number of halogens is 2. The zero-order chi connectivity index (χ0) is 18.7. The van der Waals surface area contributed by atoms with Gasteiger partial charge in [0.15, 0.2) is 17.5 Å². The molecule has 0 saturated heterocycles. The predicted molar refractivity (Wildman–Crippen MR) is 96.1 cm³/mol. The number of hydrogen-bond donors (Lipinski definition) is 3. The molecule has 3 aromatic rings. The lowest BCUT2D eigenvalue weighted by atomic mass is 10.2. The minimum absolute atomic E-state index is 0.0533. The standard InChI is InChI=1S/C15H13ClFN5O3S/c16-8-3-9-10(5-20-13(9)19-4-8)14-21-6-11(17)15(22-14)18-1-2-26(25)7-12(23)24/h3-6H,1-2,7H2,(H,19,20)(H,23,24)(H,18,21,22). The number of pyridine rings is 1. The molecule has 3 heterocycles. The van der Waals surface area contributed by atoms with Crippen molar-refractivity contribution in [3.05, 3.63) is 35.5 Å². The SMILES string of the molecule is O=C(O)C[S+]([O-])CCNc1nc(-c2c[nH]c3ncc(Cl)cc23)ncc1F. The fourth-order valence-electron chi connectivity index (χ4n) is 2.28. The Morgan fingerprint density at radius 3 is 3.00 bits per heavy atom. The summed E-state index contributed by atoms with van der Waals surface area (Å²) in [7, 11) is 0. The third kappa shape index (κ3) is 4.21. The van der Waals surface area contributed by atoms with E-state index < -0.39 is 28.7 Å². The van der Waals surface area contributed by atoms with Crippen LogP contribution in [0.2, 0.25) is 5.02 Å². The van der Waals surface area contributed by atoms with Crippen molar-refractivity contribution in [1.29, 1.82) is 0 Å². The molecule has 0 aliphatic heterocycles. The first-order chi connectivity index (χ1) is 12.4. The Balaban J connectivity index is 1.79. The van der Waals surface area contributed by atoms with Gasteiger partial charge in [0.2, 0.25) is 5.75 Å². The summed E-state index contributed by atoms with van der Waals surface area (Å²) in [6.45, 7) is 0.106. The van der Waals surface area contributed by atoms with E-state index in [1.165, 1.54) is 6.20 Å². The van der Waals surface area contributed by atoms with Gasteiger partial charge in [-0.05, 0) is 17.2 Å². The maximum absolute atomic E-state index is 13.9. The van der Waals surface area contributed by atoms with Crippen molar-refractivity contribution in [2.75, 3.05) is 23.4 Å². The van der Waals surface area contributed by atoms with Gasteiger partial charge in [0.05, 0.1) is 17.8 Å². The molecule has 0 fully saturated rings. The van der Waals surface area contributed by atoms with Crippen molar-refractivity contribution >= 4 is 45.6 Å². The molecule has 0 saturated carbocycles. The van der Waals surface area contributed by atoms with Gasteiger partial charge in [-0.15, -0.1) is 0 Å². The van der Waals surface area contributed by atoms with E-state index in [4.69, 9.17) is 16.7 Å². The Morgan fingerprint density at radius 2 is 2.23 bits per heavy atom. The Bertz CT molecular complexity index is 954. The van der Waals surface area contributed by atoms with Gasteiger partial charge in [-0.1, -0.05) is 11.6 Å². The Morgan fingerprint density at radius 1 is 1.42 bits per heavy atom. The molecule has 0 radical (unpaired) electrons. The summed E-state index contributed by atoms with van der Waals surface area (Å²) in [6, 6.07) is 1.70. The van der Waals surface area contributed by atoms with Crippen LogP contribution in [-0.2, 0) is 16.0 Å². The third-order valence-corrected chi connectivity index (χ3v) is 4.82. The van der Waals surface area contributed by atoms with Crippen LogP contribution in [0.3, 0.4) is 0 Å². The van der Waals surface area contributed by atoms with Gasteiger partial charge < -0.3 is 20.0 Å². The van der Waals surface area contributed by atoms with Gasteiger partial charge in [0.25, 0.3) is 0 Å². The van der Waals surface area contributed by atoms with Crippen molar-refractivity contribution in [1.82, 2.24) is 19.9 Å². The van der Waals surface area contributed by atoms with E-state index in [1.54, 1.807) is 12.3 Å². The highest BCUT2D eigenvalue weighted by Gasteiger charge is 2.15. The first kappa shape index (κ1) is 18.4. The van der Waals surface area contributed by atoms with Crippen LogP contribution in [0, 0.1) is 5.82 Å². The highest BCUT2D eigenvalue weighted by atomic mass is 35.5. The van der Waals surface area contributed by atoms with Crippen LogP contribution < -0.4 is 5.32 Å². The molecular weight excluding hydrogens is 385 g/mol. The molecule has 0 bridgehead atoms. The van der Waals surface area contributed by atoms with Gasteiger partial charge >= 0.3 is 5.97 Å². The normalized spacial score (nSPS) is 12.3. The topological polar surface area (TPSA) is 127 Å². The van der Waals surface area contributed by atoms with Crippen LogP contribution in [0.25, 0.3) is 22.4 Å². The fourth-order valence-corrected chi connectivity index (χ4v) is 3.18. The van der Waals surface area contributed by atoms with Crippen molar-refractivity contribution in [3.8, 4) is 11.4 Å². The zero-order valence-corrected chi connectivity index (χ0v) is 14.8. The van der Waals surface area contributed by atoms with E-state index in [-0.39, 0.29) is 23.9 Å². The molecule has 0 amide bonds. The largest absolute Gasteiger partial charge is 0.616 e. The van der Waals surface area contributed by atoms with Gasteiger partial charge in [0.1, 0.15) is 11.4 Å². The quantitative estimate of drug-likeness (QED) is 0.520. The van der Waals surface area contributed by atoms with E-state index in [0.717, 1.165) is 6.20 Å². The molecule has 1 atom stereocenters. The second-order valence-electron chi connectivity index (χ2n) is 5.25. The molecule has 0 aliphatic rings. The van der Waals surface area contributed by atoms with Crippen LogP contribution in [0.5, 0.6) is 0 Å². The smallest absolute Gasteiger partial charge is 0.353 e. The van der Waals surface area contributed by atoms with Crippen molar-refractivity contribution in [2.24, 2.45) is 0 Å². The van der Waals surface area contributed by atoms with E-state index in [0.29, 0.717) is 21.6 Å². The van der Waals surface area contributed by atoms with Crippen molar-refractivity contribution in [2.45, 2.75) is 0 Å². The monoisotopic (exact) mass is 397 g/mol. The molecule has 3 N–H and O–H groups in total. The highest BCUT2D eigenvalue weighted by molar-refractivity contribution is 7.92. The molecule has 3 rings (SSSR count). The Hall–Kier alpha value is -2.43. The summed E-state index contributed by atoms with van der Waals surface area (Å²) in [5.74, 6) is -2.03. The van der Waals surface area contributed by atoms with Crippen LogP contribution >= 0.6 is 11.6 Å². The first-order valence-corrected chi connectivity index (χ1v) is 9.27. The van der Waals surface area contributed by atoms with Gasteiger partial charge in [-0.3, -0.25) is 0 Å². The Kier molecular flexibility index (Phi) is 5.55. The average molecular weight is 398 g/mol. The number of carbonyl (C=O) groups is 1. The number of carboxylic acids is 1. The number of fused-ring (bicyclic) bond motifs is 1. The number of nitrogens with zero attached hydrogens (tertiary/aromatic N) is 3. The van der Waals surface area contributed by atoms with Crippen molar-refractivity contribution < 1.29 is 18.8 Å². The molecule has 0 aliphatic carbocycles. The molecule has 1 unspecified atom stereocenters. The molecular formula is C15H13ClFN5O3S. The lowest BCUT2D eigenvalue weighted by Gasteiger charge is -2.10. The lowest BCUT2D eigenvalue weighted by Crippen LogP contribution is -2.23. The minimum Gasteiger partial charge on any atom is -0.616 e. The van der Waals surface area contributed by atoms with E-state index >= 15 is 0 Å². The molecule has 11 heteroatoms. The van der Waals surface area contributed by atoms with Crippen LogP contribution in [0.1, 0.15) is 0 Å². The second-order valence-corrected chi connectivity index (χ2v) is 7.26. The summed E-state index contributed by atoms with van der Waals surface area (Å²) in [5.41, 5.74) is 1.20. The Labute approximate surface area is 155 Å². The molecule has 3 aromatic heterocycles. The van der Waals surface area contributed by atoms with Gasteiger partial charge in [-0.2, -0.15) is 0 Å². The molecule has 0 aromatic carbocycles. The van der Waals surface area contributed by atoms with Crippen molar-refractivity contribution in [3.63, 3.8) is 0 Å². The van der Waals surface area contributed by atoms with E-state index in [1.807, 2.05) is 0 Å². The second kappa shape index (κ2) is 7.85. The van der Waals surface area contributed by atoms with Gasteiger partial charge in [-0.25, -0.2) is 24.1 Å². The number of rotatable bonds is 7. The average Bonchev–Trinajstić information content (AvgIpc) is 2.99. The van der Waals surface area contributed by atoms with Crippen LogP contribution in [-0.4, -0.2) is 53.6 Å². The van der Waals surface area contributed by atoms with E-state index in [9.17, 15) is 13.7 Å². The summed E-state index contributed by atoms with van der Waals surface area (Å²) in [4.78, 5) is 25.7. The number of H-pyrrole nitrogens is 1. The number of aliphatic carboxylic acids is 1. The summed E-state index contributed by atoms with van der Waals surface area (Å²) in [6.07, 6.45) is 4.17. The number of anilines is 1. The maximum Gasteiger partial charge on any atom is 0.353 e. The summed E-state index contributed by atoms with van der Waals surface area (Å²) in [5, 5.41) is 12.4. The molecule has 8 nitrogen and oxygen atoms in total. The number of carboxylic acid groups (broad SMARTS) is 1. The number of aromatic nitrogens is 4. The molecule has 26 heavy (non-hydrogen) atoms. The predicted octanol–water partition coefficient (Wildman–Crippen LogP) is 2.06. The lowest BCUT2D eigenvalue weighted by molar-refractivity contribution is -0.134. The van der Waals surface area contributed by atoms with Crippen LogP contribution in [0.4, 0.5) is 10.2 Å². The zero-order valence-electron chi connectivity index (χ0n) is 13.2. The number of hydrogen-bond acceptors (Lipinski definition) is 6. The van der Waals surface area contributed by atoms with Gasteiger partial charge in [0, 0.05) is 23.3 Å². The summed E-state index contributed by atoms with van der Waals surface area (Å²) < 4.78 is 25.4. The fraction of sp³-hybridized carbons (Fsp3) is 0.200. The third-order valence-electron chi connectivity index (χ3n) is 3.39. The minimum atomic E-state index is -1.54. The number of nitrogens with one attached hydrogen (secondary N) is 2. The van der Waals surface area contributed by atoms with E-state index in [2.05, 4.69) is 25.3 Å². The van der Waals surface area contributed by atoms with Crippen LogP contribution in [0.15, 0.2) is 24.7 Å². The highest BCUT2D eigenvalue weighted by Crippen LogP contribution is 2.28. The number of aromatic amines is 1. The summed E-state index contributed by atoms with van der Waals surface area (Å²) >= 11 is 4.42. The first-order valence-electron chi connectivity index (χ1n) is 7.40. The molecule has 0 spiro atoms. The maximum atomic E-state index is 13.9.